The number of amides is 1. The summed E-state index contributed by atoms with van der Waals surface area (Å²) in [6.45, 7) is 6.07. The van der Waals surface area contributed by atoms with Crippen molar-refractivity contribution in [2.75, 3.05) is 19.0 Å². The highest BCUT2D eigenvalue weighted by molar-refractivity contribution is 6.18. The molecule has 0 spiro atoms. The van der Waals surface area contributed by atoms with E-state index in [1.165, 1.54) is 0 Å². The number of rotatable bonds is 6. The highest BCUT2D eigenvalue weighted by Gasteiger charge is 2.36. The summed E-state index contributed by atoms with van der Waals surface area (Å²) in [6.07, 6.45) is -4.39. The molecule has 0 rings (SSSR count). The van der Waals surface area contributed by atoms with Gasteiger partial charge in [-0.1, -0.05) is 27.7 Å². The molecule has 0 heterocycles. The third-order valence-electron chi connectivity index (χ3n) is 2.76. The molecule has 1 amide bonds. The van der Waals surface area contributed by atoms with Gasteiger partial charge in [0.15, 0.2) is 0 Å². The number of nitrogens with zero attached hydrogens (tertiary/aromatic N) is 1. The van der Waals surface area contributed by atoms with E-state index in [0.29, 0.717) is 0 Å². The van der Waals surface area contributed by atoms with E-state index in [1.807, 2.05) is 27.7 Å². The molecule has 0 aromatic rings. The molecule has 0 atom stereocenters. The van der Waals surface area contributed by atoms with Crippen LogP contribution in [0.25, 0.3) is 0 Å². The summed E-state index contributed by atoms with van der Waals surface area (Å²) in [6, 6.07) is 0. The van der Waals surface area contributed by atoms with Gasteiger partial charge in [0.2, 0.25) is 5.91 Å². The Balaban J connectivity index is 4.93. The summed E-state index contributed by atoms with van der Waals surface area (Å²) >= 11 is 5.47. The molecule has 108 valence electrons. The Labute approximate surface area is 111 Å². The van der Waals surface area contributed by atoms with Gasteiger partial charge < -0.3 is 4.90 Å². The van der Waals surface area contributed by atoms with E-state index in [0.717, 1.165) is 4.90 Å². The number of carbonyl (C=O) groups excluding carboxylic acids is 1. The van der Waals surface area contributed by atoms with Gasteiger partial charge in [-0.05, 0) is 11.8 Å². The predicted molar refractivity (Wildman–Crippen MR) is 66.5 cm³/mol. The van der Waals surface area contributed by atoms with Gasteiger partial charge in [0.25, 0.3) is 0 Å². The summed E-state index contributed by atoms with van der Waals surface area (Å²) < 4.78 is 37.3. The zero-order valence-electron chi connectivity index (χ0n) is 11.2. The molecule has 0 aliphatic heterocycles. The zero-order valence-corrected chi connectivity index (χ0v) is 12.0. The van der Waals surface area contributed by atoms with Crippen molar-refractivity contribution in [2.24, 2.45) is 17.8 Å². The maximum atomic E-state index is 12.4. The predicted octanol–water partition coefficient (Wildman–Crippen LogP) is 3.54. The van der Waals surface area contributed by atoms with Gasteiger partial charge in [0.05, 0.1) is 0 Å². The standard InChI is InChI=1S/C12H21ClF3NO/c1-8(2)10(9(3)4)11(18)17(6-5-13)7-12(14,15)16/h8-10H,5-7H2,1-4H3. The second-order valence-electron chi connectivity index (χ2n) is 5.08. The van der Waals surface area contributed by atoms with Crippen LogP contribution in [0.4, 0.5) is 13.2 Å². The van der Waals surface area contributed by atoms with Crippen molar-refractivity contribution in [3.8, 4) is 0 Å². The fourth-order valence-electron chi connectivity index (χ4n) is 2.14. The molecule has 0 saturated heterocycles. The molecule has 6 heteroatoms. The summed E-state index contributed by atoms with van der Waals surface area (Å²) in [7, 11) is 0. The monoisotopic (exact) mass is 287 g/mol. The molecule has 0 saturated carbocycles. The highest BCUT2D eigenvalue weighted by Crippen LogP contribution is 2.25. The van der Waals surface area contributed by atoms with E-state index in [9.17, 15) is 18.0 Å². The smallest absolute Gasteiger partial charge is 0.332 e. The molecular weight excluding hydrogens is 267 g/mol. The van der Waals surface area contributed by atoms with Crippen LogP contribution in [0.15, 0.2) is 0 Å². The van der Waals surface area contributed by atoms with Crippen molar-refractivity contribution in [3.05, 3.63) is 0 Å². The van der Waals surface area contributed by atoms with Crippen molar-refractivity contribution in [2.45, 2.75) is 33.9 Å². The first kappa shape index (κ1) is 17.6. The van der Waals surface area contributed by atoms with Crippen LogP contribution < -0.4 is 0 Å². The Hall–Kier alpha value is -0.450. The molecule has 0 aromatic heterocycles. The third-order valence-corrected chi connectivity index (χ3v) is 2.93. The number of halogens is 4. The van der Waals surface area contributed by atoms with E-state index >= 15 is 0 Å². The average molecular weight is 288 g/mol. The molecule has 0 N–H and O–H groups in total. The zero-order chi connectivity index (χ0) is 14.5. The van der Waals surface area contributed by atoms with Crippen LogP contribution in [-0.2, 0) is 4.79 Å². The molecule has 2 nitrogen and oxygen atoms in total. The van der Waals surface area contributed by atoms with E-state index < -0.39 is 24.5 Å². The summed E-state index contributed by atoms with van der Waals surface area (Å²) in [5.74, 6) is -0.856. The maximum Gasteiger partial charge on any atom is 0.406 e. The first-order valence-corrected chi connectivity index (χ1v) is 6.55. The van der Waals surface area contributed by atoms with Gasteiger partial charge in [-0.3, -0.25) is 4.79 Å². The van der Waals surface area contributed by atoms with Crippen LogP contribution in [0.2, 0.25) is 0 Å². The van der Waals surface area contributed by atoms with Crippen LogP contribution in [0, 0.1) is 17.8 Å². The number of alkyl halides is 4. The van der Waals surface area contributed by atoms with Gasteiger partial charge in [0, 0.05) is 18.3 Å². The number of carbonyl (C=O) groups is 1. The quantitative estimate of drug-likeness (QED) is 0.684. The van der Waals surface area contributed by atoms with Crippen molar-refractivity contribution in [1.82, 2.24) is 4.90 Å². The Bertz CT molecular complexity index is 259. The Kier molecular flexibility index (Phi) is 7.04. The molecule has 0 bridgehead atoms. The van der Waals surface area contributed by atoms with Crippen molar-refractivity contribution in [3.63, 3.8) is 0 Å². The third kappa shape index (κ3) is 5.94. The fourth-order valence-corrected chi connectivity index (χ4v) is 2.34. The van der Waals surface area contributed by atoms with Gasteiger partial charge in [-0.25, -0.2) is 0 Å². The minimum Gasteiger partial charge on any atom is -0.332 e. The minimum atomic E-state index is -4.39. The summed E-state index contributed by atoms with van der Waals surface area (Å²) in [4.78, 5) is 13.0. The van der Waals surface area contributed by atoms with E-state index in [2.05, 4.69) is 0 Å². The topological polar surface area (TPSA) is 20.3 Å². The molecule has 0 aliphatic rings. The van der Waals surface area contributed by atoms with Crippen LogP contribution in [0.5, 0.6) is 0 Å². The molecular formula is C12H21ClF3NO. The summed E-state index contributed by atoms with van der Waals surface area (Å²) in [5.41, 5.74) is 0. The molecule has 0 unspecified atom stereocenters. The second-order valence-corrected chi connectivity index (χ2v) is 5.46. The maximum absolute atomic E-state index is 12.4. The molecule has 0 aliphatic carbocycles. The minimum absolute atomic E-state index is 0.00330. The first-order valence-electron chi connectivity index (χ1n) is 6.01. The van der Waals surface area contributed by atoms with Crippen LogP contribution in [-0.4, -0.2) is 36.0 Å². The Morgan fingerprint density at radius 1 is 1.17 bits per heavy atom. The van der Waals surface area contributed by atoms with E-state index in [4.69, 9.17) is 11.6 Å². The first-order chi connectivity index (χ1) is 8.10. The van der Waals surface area contributed by atoms with Gasteiger partial charge in [-0.15, -0.1) is 11.6 Å². The average Bonchev–Trinajstić information content (AvgIpc) is 2.13. The van der Waals surface area contributed by atoms with E-state index in [1.54, 1.807) is 0 Å². The van der Waals surface area contributed by atoms with Gasteiger partial charge in [-0.2, -0.15) is 13.2 Å². The van der Waals surface area contributed by atoms with Gasteiger partial charge >= 0.3 is 6.18 Å². The largest absolute Gasteiger partial charge is 0.406 e. The lowest BCUT2D eigenvalue weighted by molar-refractivity contribution is -0.165. The lowest BCUT2D eigenvalue weighted by Crippen LogP contribution is -2.45. The van der Waals surface area contributed by atoms with Crippen LogP contribution in [0.3, 0.4) is 0 Å². The Morgan fingerprint density at radius 3 is 1.89 bits per heavy atom. The van der Waals surface area contributed by atoms with Crippen molar-refractivity contribution < 1.29 is 18.0 Å². The molecule has 0 aromatic carbocycles. The fraction of sp³-hybridized carbons (Fsp3) is 0.917. The van der Waals surface area contributed by atoms with Gasteiger partial charge in [0.1, 0.15) is 6.54 Å². The normalized spacial score (nSPS) is 12.6. The second kappa shape index (κ2) is 7.22. The van der Waals surface area contributed by atoms with E-state index in [-0.39, 0.29) is 24.3 Å². The number of hydrogen-bond acceptors (Lipinski definition) is 1. The van der Waals surface area contributed by atoms with Crippen molar-refractivity contribution >= 4 is 17.5 Å². The summed E-state index contributed by atoms with van der Waals surface area (Å²) in [5, 5.41) is 0. The number of hydrogen-bond donors (Lipinski definition) is 0. The molecule has 0 fully saturated rings. The highest BCUT2D eigenvalue weighted by atomic mass is 35.5. The lowest BCUT2D eigenvalue weighted by atomic mass is 9.84. The SMILES string of the molecule is CC(C)C(C(=O)N(CCCl)CC(F)(F)F)C(C)C. The molecule has 0 radical (unpaired) electrons. The lowest BCUT2D eigenvalue weighted by Gasteiger charge is -2.31. The van der Waals surface area contributed by atoms with Crippen LogP contribution >= 0.6 is 11.6 Å². The van der Waals surface area contributed by atoms with Crippen LogP contribution in [0.1, 0.15) is 27.7 Å². The van der Waals surface area contributed by atoms with Crippen molar-refractivity contribution in [1.29, 1.82) is 0 Å². The Morgan fingerprint density at radius 2 is 1.61 bits per heavy atom. The molecule has 18 heavy (non-hydrogen) atoms.